The van der Waals surface area contributed by atoms with Crippen molar-refractivity contribution in [3.8, 4) is 34.4 Å². The lowest BCUT2D eigenvalue weighted by atomic mass is 10.1. The first-order valence-corrected chi connectivity index (χ1v) is 13.5. The molecular weight excluding hydrogens is 440 g/mol. The van der Waals surface area contributed by atoms with Crippen molar-refractivity contribution >= 4 is 17.0 Å². The number of anilines is 1. The number of fused-ring (bicyclic) bond motifs is 3. The van der Waals surface area contributed by atoms with Gasteiger partial charge in [-0.1, -0.05) is 17.9 Å². The number of piperazine rings is 1. The number of benzene rings is 1. The molecule has 7 rings (SSSR count). The van der Waals surface area contributed by atoms with Gasteiger partial charge in [0, 0.05) is 66.4 Å². The van der Waals surface area contributed by atoms with Crippen molar-refractivity contribution in [1.29, 1.82) is 0 Å². The van der Waals surface area contributed by atoms with Crippen molar-refractivity contribution in [2.24, 2.45) is 5.92 Å². The highest BCUT2D eigenvalue weighted by Crippen LogP contribution is 2.42. The van der Waals surface area contributed by atoms with E-state index >= 15 is 0 Å². The van der Waals surface area contributed by atoms with Crippen molar-refractivity contribution in [3.63, 3.8) is 0 Å². The van der Waals surface area contributed by atoms with Crippen molar-refractivity contribution in [2.75, 3.05) is 44.3 Å². The summed E-state index contributed by atoms with van der Waals surface area (Å²) in [6.07, 6.45) is 6.38. The Balaban J connectivity index is 1.04. The quantitative estimate of drug-likeness (QED) is 0.326. The Hall–Kier alpha value is -2.59. The number of nitrogens with zero attached hydrogens (tertiary/aromatic N) is 3. The summed E-state index contributed by atoms with van der Waals surface area (Å²) >= 11 is 1.69. The van der Waals surface area contributed by atoms with Gasteiger partial charge in [0.05, 0.1) is 22.9 Å². The topological polar surface area (TPSA) is 44.4 Å². The average molecular weight is 471 g/mol. The van der Waals surface area contributed by atoms with Crippen molar-refractivity contribution in [1.82, 2.24) is 15.1 Å². The summed E-state index contributed by atoms with van der Waals surface area (Å²) in [6, 6.07) is 10.0. The van der Waals surface area contributed by atoms with Crippen molar-refractivity contribution < 1.29 is 4.74 Å². The summed E-state index contributed by atoms with van der Waals surface area (Å²) < 4.78 is 5.63. The molecule has 0 unspecified atom stereocenters. The van der Waals surface area contributed by atoms with Gasteiger partial charge in [0.15, 0.2) is 0 Å². The predicted octanol–water partition coefficient (Wildman–Crippen LogP) is 4.77. The number of rotatable bonds is 6. The highest BCUT2D eigenvalue weighted by Gasteiger charge is 2.32. The fourth-order valence-corrected chi connectivity index (χ4v) is 6.11. The van der Waals surface area contributed by atoms with E-state index in [1.807, 2.05) is 0 Å². The van der Waals surface area contributed by atoms with E-state index in [0.29, 0.717) is 6.61 Å². The lowest BCUT2D eigenvalue weighted by Crippen LogP contribution is -2.47. The van der Waals surface area contributed by atoms with Crippen LogP contribution in [0.2, 0.25) is 0 Å². The first-order valence-electron chi connectivity index (χ1n) is 12.7. The van der Waals surface area contributed by atoms with Crippen LogP contribution in [0.3, 0.4) is 0 Å². The smallest absolute Gasteiger partial charge is 0.108 e. The van der Waals surface area contributed by atoms with Crippen LogP contribution in [-0.4, -0.2) is 60.5 Å². The van der Waals surface area contributed by atoms with Gasteiger partial charge in [-0.15, -0.1) is 11.3 Å². The molecule has 2 saturated carbocycles. The van der Waals surface area contributed by atoms with E-state index in [-0.39, 0.29) is 0 Å². The fourth-order valence-electron chi connectivity index (χ4n) is 5.35. The van der Waals surface area contributed by atoms with Crippen LogP contribution in [0.5, 0.6) is 0 Å². The molecule has 3 aliphatic carbocycles. The van der Waals surface area contributed by atoms with E-state index in [4.69, 9.17) is 9.84 Å². The molecular formula is C28H30N4OS. The molecule has 1 aromatic carbocycles. The van der Waals surface area contributed by atoms with E-state index in [2.05, 4.69) is 56.4 Å². The van der Waals surface area contributed by atoms with Gasteiger partial charge in [0.2, 0.25) is 0 Å². The maximum absolute atomic E-state index is 5.63. The SMILES string of the molecule is C(#Cc1cc(-c2n[nH]c3c2Cc2cc(N4CCN(C5CC5)CC4)ccc2-3)cs1)COCC1CC1. The molecule has 5 nitrogen and oxygen atoms in total. The standard InChI is InChI=1S/C28H30N4OS/c1(13-33-17-19-3-4-19)2-24-15-21(18-34-24)27-26-16-20-14-23(7-8-25(20)28(26)30-29-27)32-11-9-31(10-12-32)22-5-6-22/h7-8,14-15,18-19,22H,3-6,9-13,16-17H2,(H,29,30). The minimum absolute atomic E-state index is 0.523. The molecule has 2 aromatic heterocycles. The van der Waals surface area contributed by atoms with Gasteiger partial charge in [-0.25, -0.2) is 0 Å². The van der Waals surface area contributed by atoms with Crippen LogP contribution < -0.4 is 4.90 Å². The Labute approximate surface area is 205 Å². The third-order valence-electron chi connectivity index (χ3n) is 7.64. The zero-order valence-corrected chi connectivity index (χ0v) is 20.3. The van der Waals surface area contributed by atoms with E-state index in [1.54, 1.807) is 11.3 Å². The van der Waals surface area contributed by atoms with Crippen LogP contribution in [-0.2, 0) is 11.2 Å². The lowest BCUT2D eigenvalue weighted by molar-refractivity contribution is 0.156. The molecule has 0 atom stereocenters. The van der Waals surface area contributed by atoms with Crippen LogP contribution in [0, 0.1) is 17.8 Å². The first kappa shape index (κ1) is 20.8. The highest BCUT2D eigenvalue weighted by molar-refractivity contribution is 7.11. The Morgan fingerprint density at radius 1 is 1.09 bits per heavy atom. The molecule has 0 spiro atoms. The minimum Gasteiger partial charge on any atom is -0.369 e. The molecule has 0 radical (unpaired) electrons. The fraction of sp³-hybridized carbons (Fsp3) is 0.464. The van der Waals surface area contributed by atoms with E-state index in [9.17, 15) is 0 Å². The number of hydrogen-bond acceptors (Lipinski definition) is 5. The molecule has 3 heterocycles. The second kappa shape index (κ2) is 8.57. The summed E-state index contributed by atoms with van der Waals surface area (Å²) in [6.45, 7) is 6.06. The third-order valence-corrected chi connectivity index (χ3v) is 8.49. The molecule has 4 aliphatic rings. The monoisotopic (exact) mass is 470 g/mol. The van der Waals surface area contributed by atoms with Crippen LogP contribution in [0.15, 0.2) is 29.6 Å². The molecule has 3 fully saturated rings. The molecule has 1 aliphatic heterocycles. The van der Waals surface area contributed by atoms with Crippen LogP contribution >= 0.6 is 11.3 Å². The summed E-state index contributed by atoms with van der Waals surface area (Å²) in [5.74, 6) is 7.21. The summed E-state index contributed by atoms with van der Waals surface area (Å²) in [7, 11) is 0. The second-order valence-corrected chi connectivity index (χ2v) is 11.1. The highest BCUT2D eigenvalue weighted by atomic mass is 32.1. The van der Waals surface area contributed by atoms with Crippen LogP contribution in [0.1, 0.15) is 41.7 Å². The summed E-state index contributed by atoms with van der Waals surface area (Å²) in [5.41, 5.74) is 8.81. The largest absolute Gasteiger partial charge is 0.369 e. The third kappa shape index (κ3) is 4.07. The number of aromatic nitrogens is 2. The normalized spacial score (nSPS) is 19.6. The molecule has 0 bridgehead atoms. The van der Waals surface area contributed by atoms with Gasteiger partial charge < -0.3 is 9.64 Å². The molecule has 0 amide bonds. The maximum atomic E-state index is 5.63. The van der Waals surface area contributed by atoms with Gasteiger partial charge in [0.25, 0.3) is 0 Å². The average Bonchev–Trinajstić information content (AvgIpc) is 3.76. The van der Waals surface area contributed by atoms with Gasteiger partial charge >= 0.3 is 0 Å². The van der Waals surface area contributed by atoms with E-state index in [0.717, 1.165) is 54.2 Å². The van der Waals surface area contributed by atoms with E-state index < -0.39 is 0 Å². The molecule has 34 heavy (non-hydrogen) atoms. The van der Waals surface area contributed by atoms with Gasteiger partial charge in [-0.05, 0) is 55.4 Å². The first-order chi connectivity index (χ1) is 16.8. The number of hydrogen-bond donors (Lipinski definition) is 1. The zero-order valence-electron chi connectivity index (χ0n) is 19.5. The molecule has 1 N–H and O–H groups in total. The number of aromatic amines is 1. The molecule has 1 saturated heterocycles. The van der Waals surface area contributed by atoms with E-state index in [1.165, 1.54) is 66.8 Å². The summed E-state index contributed by atoms with van der Waals surface area (Å²) in [5, 5.41) is 10.2. The van der Waals surface area contributed by atoms with Crippen molar-refractivity contribution in [2.45, 2.75) is 38.1 Å². The zero-order chi connectivity index (χ0) is 22.5. The van der Waals surface area contributed by atoms with Crippen molar-refractivity contribution in [3.05, 3.63) is 45.6 Å². The van der Waals surface area contributed by atoms with Gasteiger partial charge in [-0.2, -0.15) is 5.10 Å². The van der Waals surface area contributed by atoms with Crippen LogP contribution in [0.25, 0.3) is 22.5 Å². The molecule has 6 heteroatoms. The lowest BCUT2D eigenvalue weighted by Gasteiger charge is -2.36. The Morgan fingerprint density at radius 3 is 2.79 bits per heavy atom. The van der Waals surface area contributed by atoms with Gasteiger partial charge in [-0.3, -0.25) is 10.00 Å². The Bertz CT molecular complexity index is 1270. The summed E-state index contributed by atoms with van der Waals surface area (Å²) in [4.78, 5) is 6.31. The Kier molecular flexibility index (Phi) is 5.23. The Morgan fingerprint density at radius 2 is 1.97 bits per heavy atom. The molecule has 174 valence electrons. The number of ether oxygens (including phenoxy) is 1. The van der Waals surface area contributed by atoms with Gasteiger partial charge in [0.1, 0.15) is 6.61 Å². The maximum Gasteiger partial charge on any atom is 0.108 e. The number of H-pyrrole nitrogens is 1. The minimum atomic E-state index is 0.523. The number of thiophene rings is 1. The number of nitrogens with one attached hydrogen (secondary N) is 1. The second-order valence-electron chi connectivity index (χ2n) is 10.2. The molecule has 3 aromatic rings. The predicted molar refractivity (Wildman–Crippen MR) is 137 cm³/mol. The van der Waals surface area contributed by atoms with Crippen LogP contribution in [0.4, 0.5) is 5.69 Å².